The minimum Gasteiger partial charge on any atom is -0.493 e. The van der Waals surface area contributed by atoms with Gasteiger partial charge in [0.2, 0.25) is 0 Å². The summed E-state index contributed by atoms with van der Waals surface area (Å²) >= 11 is 0. The standard InChI is InChI=1S/C14H20O3/c1-5-8-17-12-9-10(13(15)16)6-7-11(12)14(2,3)4/h6-7,9H,5,8H2,1-4H3,(H,15,16). The molecule has 0 saturated heterocycles. The maximum atomic E-state index is 10.9. The van der Waals surface area contributed by atoms with Crippen molar-refractivity contribution >= 4 is 5.97 Å². The van der Waals surface area contributed by atoms with Crippen molar-refractivity contribution in [3.63, 3.8) is 0 Å². The molecule has 0 heterocycles. The molecule has 0 aromatic heterocycles. The fourth-order valence-electron chi connectivity index (χ4n) is 1.61. The second-order valence-corrected chi connectivity index (χ2v) is 5.11. The third kappa shape index (κ3) is 3.48. The first-order valence-corrected chi connectivity index (χ1v) is 5.87. The van der Waals surface area contributed by atoms with Gasteiger partial charge in [-0.15, -0.1) is 0 Å². The van der Waals surface area contributed by atoms with Crippen LogP contribution in [0.25, 0.3) is 0 Å². The van der Waals surface area contributed by atoms with E-state index in [0.29, 0.717) is 12.4 Å². The number of ether oxygens (including phenoxy) is 1. The van der Waals surface area contributed by atoms with Gasteiger partial charge < -0.3 is 9.84 Å². The van der Waals surface area contributed by atoms with Gasteiger partial charge in [0, 0.05) is 0 Å². The molecule has 17 heavy (non-hydrogen) atoms. The van der Waals surface area contributed by atoms with E-state index in [0.717, 1.165) is 12.0 Å². The fourth-order valence-corrected chi connectivity index (χ4v) is 1.61. The molecule has 0 saturated carbocycles. The Bertz CT molecular complexity index is 402. The highest BCUT2D eigenvalue weighted by atomic mass is 16.5. The molecule has 0 aliphatic carbocycles. The van der Waals surface area contributed by atoms with E-state index in [1.165, 1.54) is 0 Å². The molecular weight excluding hydrogens is 216 g/mol. The zero-order valence-electron chi connectivity index (χ0n) is 10.9. The number of benzene rings is 1. The minimum absolute atomic E-state index is 0.0554. The summed E-state index contributed by atoms with van der Waals surface area (Å²) in [6.07, 6.45) is 0.904. The van der Waals surface area contributed by atoms with E-state index in [4.69, 9.17) is 9.84 Å². The van der Waals surface area contributed by atoms with Gasteiger partial charge in [0.15, 0.2) is 0 Å². The van der Waals surface area contributed by atoms with E-state index in [-0.39, 0.29) is 11.0 Å². The normalized spacial score (nSPS) is 11.3. The van der Waals surface area contributed by atoms with E-state index >= 15 is 0 Å². The topological polar surface area (TPSA) is 46.5 Å². The van der Waals surface area contributed by atoms with Crippen LogP contribution >= 0.6 is 0 Å². The van der Waals surface area contributed by atoms with E-state index in [9.17, 15) is 4.79 Å². The Balaban J connectivity index is 3.17. The molecule has 0 spiro atoms. The van der Waals surface area contributed by atoms with Gasteiger partial charge in [-0.1, -0.05) is 33.8 Å². The molecule has 0 atom stereocenters. The molecule has 0 aliphatic rings. The Kier molecular flexibility index (Phi) is 4.16. The molecule has 0 aliphatic heterocycles. The Morgan fingerprint density at radius 1 is 1.35 bits per heavy atom. The third-order valence-electron chi connectivity index (χ3n) is 2.50. The molecule has 1 aromatic rings. The van der Waals surface area contributed by atoms with Crippen molar-refractivity contribution in [2.24, 2.45) is 0 Å². The fraction of sp³-hybridized carbons (Fsp3) is 0.500. The van der Waals surface area contributed by atoms with Gasteiger partial charge >= 0.3 is 5.97 Å². The molecule has 3 heteroatoms. The van der Waals surface area contributed by atoms with Crippen molar-refractivity contribution in [1.29, 1.82) is 0 Å². The zero-order chi connectivity index (χ0) is 13.1. The molecule has 0 radical (unpaired) electrons. The van der Waals surface area contributed by atoms with Gasteiger partial charge in [0.05, 0.1) is 12.2 Å². The van der Waals surface area contributed by atoms with Crippen LogP contribution in [0.3, 0.4) is 0 Å². The van der Waals surface area contributed by atoms with Crippen LogP contribution in [-0.2, 0) is 5.41 Å². The van der Waals surface area contributed by atoms with E-state index in [2.05, 4.69) is 20.8 Å². The molecular formula is C14H20O3. The first kappa shape index (κ1) is 13.6. The molecule has 1 N–H and O–H groups in total. The molecule has 1 aromatic carbocycles. The number of aromatic carboxylic acids is 1. The van der Waals surface area contributed by atoms with Gasteiger partial charge in [0.25, 0.3) is 0 Å². The van der Waals surface area contributed by atoms with Crippen molar-refractivity contribution in [2.75, 3.05) is 6.61 Å². The predicted molar refractivity (Wildman–Crippen MR) is 67.9 cm³/mol. The van der Waals surface area contributed by atoms with Crippen molar-refractivity contribution in [3.05, 3.63) is 29.3 Å². The third-order valence-corrected chi connectivity index (χ3v) is 2.50. The van der Waals surface area contributed by atoms with Crippen LogP contribution in [0, 0.1) is 0 Å². The predicted octanol–water partition coefficient (Wildman–Crippen LogP) is 3.47. The summed E-state index contributed by atoms with van der Waals surface area (Å²) in [7, 11) is 0. The number of hydrogen-bond acceptors (Lipinski definition) is 2. The summed E-state index contributed by atoms with van der Waals surface area (Å²) in [5.41, 5.74) is 1.25. The Morgan fingerprint density at radius 2 is 2.00 bits per heavy atom. The van der Waals surface area contributed by atoms with Gasteiger partial charge in [-0.05, 0) is 29.5 Å². The maximum absolute atomic E-state index is 10.9. The molecule has 94 valence electrons. The van der Waals surface area contributed by atoms with Gasteiger partial charge in [-0.3, -0.25) is 0 Å². The van der Waals surface area contributed by atoms with Crippen LogP contribution in [0.4, 0.5) is 0 Å². The Morgan fingerprint density at radius 3 is 2.47 bits per heavy atom. The molecule has 0 amide bonds. The first-order valence-electron chi connectivity index (χ1n) is 5.87. The summed E-state index contributed by atoms with van der Waals surface area (Å²) in [4.78, 5) is 10.9. The number of carboxylic acid groups (broad SMARTS) is 1. The second kappa shape index (κ2) is 5.21. The minimum atomic E-state index is -0.924. The SMILES string of the molecule is CCCOc1cc(C(=O)O)ccc1C(C)(C)C. The highest BCUT2D eigenvalue weighted by molar-refractivity contribution is 5.88. The lowest BCUT2D eigenvalue weighted by Crippen LogP contribution is -2.14. The summed E-state index contributed by atoms with van der Waals surface area (Å²) in [6.45, 7) is 8.88. The zero-order valence-corrected chi connectivity index (χ0v) is 10.9. The van der Waals surface area contributed by atoms with Crippen molar-refractivity contribution < 1.29 is 14.6 Å². The lowest BCUT2D eigenvalue weighted by molar-refractivity contribution is 0.0696. The molecule has 0 unspecified atom stereocenters. The van der Waals surface area contributed by atoms with Crippen molar-refractivity contribution in [3.8, 4) is 5.75 Å². The monoisotopic (exact) mass is 236 g/mol. The summed E-state index contributed by atoms with van der Waals surface area (Å²) in [6, 6.07) is 5.08. The Labute approximate surface area is 102 Å². The first-order chi connectivity index (χ1) is 7.86. The second-order valence-electron chi connectivity index (χ2n) is 5.11. The van der Waals surface area contributed by atoms with Crippen molar-refractivity contribution in [1.82, 2.24) is 0 Å². The average Bonchev–Trinajstić information content (AvgIpc) is 2.24. The molecule has 3 nitrogen and oxygen atoms in total. The summed E-state index contributed by atoms with van der Waals surface area (Å²) in [5, 5.41) is 8.97. The Hall–Kier alpha value is -1.51. The van der Waals surface area contributed by atoms with Crippen LogP contribution < -0.4 is 4.74 Å². The summed E-state index contributed by atoms with van der Waals surface area (Å²) < 4.78 is 5.64. The lowest BCUT2D eigenvalue weighted by atomic mass is 9.86. The molecule has 0 bridgehead atoms. The van der Waals surface area contributed by atoms with Gasteiger partial charge in [-0.2, -0.15) is 0 Å². The number of rotatable bonds is 4. The van der Waals surface area contributed by atoms with Gasteiger partial charge in [-0.25, -0.2) is 4.79 Å². The van der Waals surface area contributed by atoms with Gasteiger partial charge in [0.1, 0.15) is 5.75 Å². The summed E-state index contributed by atoms with van der Waals surface area (Å²) in [5.74, 6) is -0.244. The van der Waals surface area contributed by atoms with Crippen LogP contribution in [0.5, 0.6) is 5.75 Å². The number of carboxylic acids is 1. The van der Waals surface area contributed by atoms with Crippen LogP contribution in [-0.4, -0.2) is 17.7 Å². The van der Waals surface area contributed by atoms with Crippen LogP contribution in [0.2, 0.25) is 0 Å². The quantitative estimate of drug-likeness (QED) is 0.870. The van der Waals surface area contributed by atoms with E-state index in [1.807, 2.05) is 13.0 Å². The smallest absolute Gasteiger partial charge is 0.335 e. The lowest BCUT2D eigenvalue weighted by Gasteiger charge is -2.23. The van der Waals surface area contributed by atoms with E-state index < -0.39 is 5.97 Å². The van der Waals surface area contributed by atoms with E-state index in [1.54, 1.807) is 12.1 Å². The molecule has 0 fully saturated rings. The highest BCUT2D eigenvalue weighted by Gasteiger charge is 2.20. The average molecular weight is 236 g/mol. The number of carbonyl (C=O) groups is 1. The van der Waals surface area contributed by atoms with Crippen molar-refractivity contribution in [2.45, 2.75) is 39.5 Å². The molecule has 1 rings (SSSR count). The highest BCUT2D eigenvalue weighted by Crippen LogP contribution is 2.32. The van der Waals surface area contributed by atoms with Crippen LogP contribution in [0.15, 0.2) is 18.2 Å². The number of hydrogen-bond donors (Lipinski definition) is 1. The maximum Gasteiger partial charge on any atom is 0.335 e. The largest absolute Gasteiger partial charge is 0.493 e. The van der Waals surface area contributed by atoms with Crippen LogP contribution in [0.1, 0.15) is 50.0 Å².